The maximum atomic E-state index is 11.7. The van der Waals surface area contributed by atoms with Crippen LogP contribution in [0.4, 0.5) is 0 Å². The molecule has 5 nitrogen and oxygen atoms in total. The molecule has 92 valence electrons. The molecule has 0 amide bonds. The van der Waals surface area contributed by atoms with Gasteiger partial charge in [0.15, 0.2) is 0 Å². The molecule has 1 aliphatic rings. The van der Waals surface area contributed by atoms with E-state index >= 15 is 0 Å². The largest absolute Gasteiger partial charge is 0.280 e. The van der Waals surface area contributed by atoms with Crippen molar-refractivity contribution in [1.29, 1.82) is 5.26 Å². The first-order valence-electron chi connectivity index (χ1n) is 5.44. The predicted molar refractivity (Wildman–Crippen MR) is 61.7 cm³/mol. The Labute approximate surface area is 97.6 Å². The molecule has 6 heteroatoms. The van der Waals surface area contributed by atoms with E-state index in [-0.39, 0.29) is 0 Å². The van der Waals surface area contributed by atoms with Crippen LogP contribution in [0.5, 0.6) is 0 Å². The zero-order chi connectivity index (χ0) is 12.4. The van der Waals surface area contributed by atoms with Crippen molar-refractivity contribution in [3.05, 3.63) is 0 Å². The molecule has 0 saturated heterocycles. The van der Waals surface area contributed by atoms with Gasteiger partial charge in [-0.25, -0.2) is 0 Å². The first-order valence-corrected chi connectivity index (χ1v) is 6.88. The van der Waals surface area contributed by atoms with Gasteiger partial charge in [-0.15, -0.1) is 0 Å². The van der Waals surface area contributed by atoms with Gasteiger partial charge in [0.2, 0.25) is 0 Å². The minimum absolute atomic E-state index is 0.574. The van der Waals surface area contributed by atoms with Gasteiger partial charge in [0.25, 0.3) is 10.2 Å². The molecule has 1 N–H and O–H groups in total. The van der Waals surface area contributed by atoms with E-state index in [0.29, 0.717) is 18.8 Å². The predicted octanol–water partition coefficient (Wildman–Crippen LogP) is 0.855. The Bertz CT molecular complexity index is 375. The zero-order valence-electron chi connectivity index (χ0n) is 10.0. The number of nitrogens with one attached hydrogen (secondary N) is 1. The van der Waals surface area contributed by atoms with Crippen LogP contribution in [0, 0.1) is 17.2 Å². The summed E-state index contributed by atoms with van der Waals surface area (Å²) in [6.07, 6.45) is 2.97. The van der Waals surface area contributed by atoms with E-state index in [1.165, 1.54) is 14.1 Å². The monoisotopic (exact) mass is 245 g/mol. The minimum Gasteiger partial charge on any atom is -0.196 e. The van der Waals surface area contributed by atoms with E-state index in [9.17, 15) is 13.7 Å². The summed E-state index contributed by atoms with van der Waals surface area (Å²) in [7, 11) is -0.611. The quantitative estimate of drug-likeness (QED) is 0.801. The van der Waals surface area contributed by atoms with E-state index in [1.807, 2.05) is 0 Å². The summed E-state index contributed by atoms with van der Waals surface area (Å²) in [5.74, 6) is 0.574. The molecule has 0 aliphatic heterocycles. The Balaban J connectivity index is 2.81. The van der Waals surface area contributed by atoms with Crippen LogP contribution in [0.25, 0.3) is 0 Å². The standard InChI is InChI=1S/C10H19N3O2S/c1-9-4-6-10(8-11,7-5-9)12-16(14,15)13(2)3/h9,12H,4-7H2,1-3H3. The van der Waals surface area contributed by atoms with Gasteiger partial charge in [-0.1, -0.05) is 6.92 Å². The number of nitrogens with zero attached hydrogens (tertiary/aromatic N) is 2. The van der Waals surface area contributed by atoms with Crippen molar-refractivity contribution >= 4 is 10.2 Å². The molecular weight excluding hydrogens is 226 g/mol. The highest BCUT2D eigenvalue weighted by molar-refractivity contribution is 7.87. The average molecular weight is 245 g/mol. The third-order valence-electron chi connectivity index (χ3n) is 3.15. The van der Waals surface area contributed by atoms with Crippen molar-refractivity contribution in [2.75, 3.05) is 14.1 Å². The van der Waals surface area contributed by atoms with E-state index in [0.717, 1.165) is 17.1 Å². The van der Waals surface area contributed by atoms with Crippen molar-refractivity contribution in [3.8, 4) is 6.07 Å². The molecule has 1 aliphatic carbocycles. The first kappa shape index (κ1) is 13.4. The zero-order valence-corrected chi connectivity index (χ0v) is 10.8. The Hall–Kier alpha value is -0.640. The summed E-state index contributed by atoms with van der Waals surface area (Å²) in [6, 6.07) is 2.13. The minimum atomic E-state index is -3.53. The molecule has 0 bridgehead atoms. The second kappa shape index (κ2) is 4.70. The Morgan fingerprint density at radius 3 is 2.25 bits per heavy atom. The fraction of sp³-hybridized carbons (Fsp3) is 0.900. The molecule has 0 heterocycles. The lowest BCUT2D eigenvalue weighted by atomic mass is 9.79. The Morgan fingerprint density at radius 1 is 1.38 bits per heavy atom. The van der Waals surface area contributed by atoms with Gasteiger partial charge in [0.05, 0.1) is 6.07 Å². The average Bonchev–Trinajstić information content (AvgIpc) is 2.21. The van der Waals surface area contributed by atoms with Crippen molar-refractivity contribution < 1.29 is 8.42 Å². The fourth-order valence-corrected chi connectivity index (χ4v) is 2.76. The summed E-state index contributed by atoms with van der Waals surface area (Å²) in [6.45, 7) is 2.13. The van der Waals surface area contributed by atoms with E-state index in [1.54, 1.807) is 0 Å². The molecule has 0 unspecified atom stereocenters. The molecular formula is C10H19N3O2S. The highest BCUT2D eigenvalue weighted by Gasteiger charge is 2.38. The van der Waals surface area contributed by atoms with E-state index in [2.05, 4.69) is 17.7 Å². The van der Waals surface area contributed by atoms with Crippen LogP contribution >= 0.6 is 0 Å². The third kappa shape index (κ3) is 2.94. The lowest BCUT2D eigenvalue weighted by molar-refractivity contribution is 0.274. The van der Waals surface area contributed by atoms with Gasteiger partial charge in [0.1, 0.15) is 5.54 Å². The van der Waals surface area contributed by atoms with Crippen LogP contribution in [-0.2, 0) is 10.2 Å². The van der Waals surface area contributed by atoms with Crippen LogP contribution in [0.2, 0.25) is 0 Å². The normalized spacial score (nSPS) is 31.3. The summed E-state index contributed by atoms with van der Waals surface area (Å²) >= 11 is 0. The van der Waals surface area contributed by atoms with Crippen molar-refractivity contribution in [2.45, 2.75) is 38.1 Å². The summed E-state index contributed by atoms with van der Waals surface area (Å²) in [5.41, 5.74) is -0.907. The molecule has 0 aromatic rings. The summed E-state index contributed by atoms with van der Waals surface area (Å²) in [4.78, 5) is 0. The smallest absolute Gasteiger partial charge is 0.196 e. The number of nitriles is 1. The second-order valence-corrected chi connectivity index (χ2v) is 6.65. The SMILES string of the molecule is CC1CCC(C#N)(NS(=O)(=O)N(C)C)CC1. The Morgan fingerprint density at radius 2 is 1.88 bits per heavy atom. The lowest BCUT2D eigenvalue weighted by Gasteiger charge is -2.34. The van der Waals surface area contributed by atoms with E-state index in [4.69, 9.17) is 0 Å². The molecule has 0 radical (unpaired) electrons. The van der Waals surface area contributed by atoms with Crippen molar-refractivity contribution in [3.63, 3.8) is 0 Å². The van der Waals surface area contributed by atoms with Gasteiger partial charge in [-0.3, -0.25) is 0 Å². The highest BCUT2D eigenvalue weighted by atomic mass is 32.2. The molecule has 0 aromatic heterocycles. The second-order valence-electron chi connectivity index (χ2n) is 4.77. The van der Waals surface area contributed by atoms with Crippen molar-refractivity contribution in [1.82, 2.24) is 9.03 Å². The van der Waals surface area contributed by atoms with Crippen LogP contribution in [0.3, 0.4) is 0 Å². The number of hydrogen-bond acceptors (Lipinski definition) is 3. The van der Waals surface area contributed by atoms with Gasteiger partial charge in [-0.05, 0) is 31.6 Å². The van der Waals surface area contributed by atoms with Gasteiger partial charge in [-0.2, -0.15) is 22.7 Å². The summed E-state index contributed by atoms with van der Waals surface area (Å²) < 4.78 is 27.0. The lowest BCUT2D eigenvalue weighted by Crippen LogP contribution is -2.52. The molecule has 1 rings (SSSR count). The molecule has 16 heavy (non-hydrogen) atoms. The molecule has 0 spiro atoms. The maximum absolute atomic E-state index is 11.7. The van der Waals surface area contributed by atoms with Crippen LogP contribution in [-0.4, -0.2) is 32.4 Å². The molecule has 0 aromatic carbocycles. The first-order chi connectivity index (χ1) is 7.31. The van der Waals surface area contributed by atoms with Gasteiger partial charge in [0, 0.05) is 14.1 Å². The molecule has 0 atom stereocenters. The van der Waals surface area contributed by atoms with Gasteiger partial charge < -0.3 is 0 Å². The maximum Gasteiger partial charge on any atom is 0.280 e. The number of rotatable bonds is 3. The van der Waals surface area contributed by atoms with E-state index < -0.39 is 15.7 Å². The van der Waals surface area contributed by atoms with Crippen LogP contribution in [0.1, 0.15) is 32.6 Å². The van der Waals surface area contributed by atoms with Crippen molar-refractivity contribution in [2.24, 2.45) is 5.92 Å². The van der Waals surface area contributed by atoms with Crippen LogP contribution in [0.15, 0.2) is 0 Å². The Kier molecular flexibility index (Phi) is 3.94. The highest BCUT2D eigenvalue weighted by Crippen LogP contribution is 2.32. The fourth-order valence-electron chi connectivity index (χ4n) is 1.83. The molecule has 1 saturated carbocycles. The third-order valence-corrected chi connectivity index (χ3v) is 4.76. The molecule has 1 fully saturated rings. The summed E-state index contributed by atoms with van der Waals surface area (Å²) in [5, 5.41) is 9.18. The van der Waals surface area contributed by atoms with Gasteiger partial charge >= 0.3 is 0 Å². The topological polar surface area (TPSA) is 73.2 Å². The number of hydrogen-bond donors (Lipinski definition) is 1. The van der Waals surface area contributed by atoms with Crippen LogP contribution < -0.4 is 4.72 Å².